The van der Waals surface area contributed by atoms with Gasteiger partial charge in [0.1, 0.15) is 11.5 Å². The molecule has 0 aliphatic carbocycles. The molecular weight excluding hydrogens is 300 g/mol. The van der Waals surface area contributed by atoms with Crippen molar-refractivity contribution in [2.24, 2.45) is 0 Å². The minimum absolute atomic E-state index is 0.00846. The van der Waals surface area contributed by atoms with E-state index in [0.717, 1.165) is 22.6 Å². The summed E-state index contributed by atoms with van der Waals surface area (Å²) < 4.78 is 10.9. The van der Waals surface area contributed by atoms with Crippen LogP contribution in [-0.4, -0.2) is 20.0 Å². The maximum atomic E-state index is 12.5. The number of rotatable bonds is 5. The van der Waals surface area contributed by atoms with Gasteiger partial charge in [-0.2, -0.15) is 0 Å². The Morgan fingerprint density at radius 1 is 0.667 bits per heavy atom. The SMILES string of the molecule is COc1cccc(OC)c1-c1ccc(C(=O)c2ccccc2)cc1. The number of benzene rings is 3. The largest absolute Gasteiger partial charge is 0.496 e. The highest BCUT2D eigenvalue weighted by molar-refractivity contribution is 6.09. The number of hydrogen-bond acceptors (Lipinski definition) is 3. The Kier molecular flexibility index (Phi) is 4.62. The van der Waals surface area contributed by atoms with Crippen LogP contribution in [0.15, 0.2) is 72.8 Å². The molecule has 0 fully saturated rings. The Bertz CT molecular complexity index is 814. The number of carbonyl (C=O) groups excluding carboxylic acids is 1. The first kappa shape index (κ1) is 15.8. The molecule has 0 saturated heterocycles. The molecule has 0 atom stereocenters. The van der Waals surface area contributed by atoms with Gasteiger partial charge in [0, 0.05) is 11.1 Å². The Balaban J connectivity index is 1.98. The van der Waals surface area contributed by atoms with E-state index in [1.165, 1.54) is 0 Å². The van der Waals surface area contributed by atoms with E-state index in [4.69, 9.17) is 9.47 Å². The zero-order chi connectivity index (χ0) is 16.9. The highest BCUT2D eigenvalue weighted by Crippen LogP contribution is 2.38. The van der Waals surface area contributed by atoms with Gasteiger partial charge in [-0.05, 0) is 17.7 Å². The van der Waals surface area contributed by atoms with Crippen molar-refractivity contribution in [2.45, 2.75) is 0 Å². The molecule has 0 bridgehead atoms. The summed E-state index contributed by atoms with van der Waals surface area (Å²) >= 11 is 0. The fourth-order valence-electron chi connectivity index (χ4n) is 2.68. The Morgan fingerprint density at radius 2 is 1.21 bits per heavy atom. The molecule has 0 spiro atoms. The van der Waals surface area contributed by atoms with E-state index in [9.17, 15) is 4.79 Å². The van der Waals surface area contributed by atoms with Crippen LogP contribution in [0.4, 0.5) is 0 Å². The van der Waals surface area contributed by atoms with E-state index in [1.807, 2.05) is 72.8 Å². The fraction of sp³-hybridized carbons (Fsp3) is 0.0952. The molecule has 0 saturated carbocycles. The number of ketones is 1. The second-order valence-electron chi connectivity index (χ2n) is 5.31. The molecule has 0 radical (unpaired) electrons. The predicted molar refractivity (Wildman–Crippen MR) is 94.9 cm³/mol. The molecule has 3 aromatic carbocycles. The van der Waals surface area contributed by atoms with Crippen LogP contribution in [0, 0.1) is 0 Å². The lowest BCUT2D eigenvalue weighted by Crippen LogP contribution is -2.00. The number of hydrogen-bond donors (Lipinski definition) is 0. The van der Waals surface area contributed by atoms with Gasteiger partial charge in [0.25, 0.3) is 0 Å². The maximum Gasteiger partial charge on any atom is 0.193 e. The van der Waals surface area contributed by atoms with E-state index >= 15 is 0 Å². The molecule has 0 aliphatic heterocycles. The van der Waals surface area contributed by atoms with Gasteiger partial charge >= 0.3 is 0 Å². The van der Waals surface area contributed by atoms with E-state index < -0.39 is 0 Å². The molecule has 0 aromatic heterocycles. The molecule has 3 heteroatoms. The summed E-state index contributed by atoms with van der Waals surface area (Å²) in [4.78, 5) is 12.5. The summed E-state index contributed by atoms with van der Waals surface area (Å²) in [6, 6.07) is 22.4. The minimum Gasteiger partial charge on any atom is -0.496 e. The summed E-state index contributed by atoms with van der Waals surface area (Å²) in [5, 5.41) is 0. The fourth-order valence-corrected chi connectivity index (χ4v) is 2.68. The average Bonchev–Trinajstić information content (AvgIpc) is 2.67. The summed E-state index contributed by atoms with van der Waals surface area (Å²) in [5.74, 6) is 1.47. The molecular formula is C21H18O3. The number of carbonyl (C=O) groups is 1. The first-order chi connectivity index (χ1) is 11.7. The van der Waals surface area contributed by atoms with Gasteiger partial charge in [-0.3, -0.25) is 4.79 Å². The maximum absolute atomic E-state index is 12.5. The van der Waals surface area contributed by atoms with Crippen molar-refractivity contribution in [1.29, 1.82) is 0 Å². The second kappa shape index (κ2) is 7.01. The van der Waals surface area contributed by atoms with Crippen molar-refractivity contribution in [2.75, 3.05) is 14.2 Å². The Labute approximate surface area is 141 Å². The molecule has 0 heterocycles. The van der Waals surface area contributed by atoms with Crippen LogP contribution in [-0.2, 0) is 0 Å². The molecule has 0 aliphatic rings. The molecule has 120 valence electrons. The van der Waals surface area contributed by atoms with Gasteiger partial charge in [0.05, 0.1) is 19.8 Å². The van der Waals surface area contributed by atoms with Crippen molar-refractivity contribution >= 4 is 5.78 Å². The minimum atomic E-state index is 0.00846. The van der Waals surface area contributed by atoms with Gasteiger partial charge in [-0.25, -0.2) is 0 Å². The summed E-state index contributed by atoms with van der Waals surface area (Å²) in [5.41, 5.74) is 3.15. The van der Waals surface area contributed by atoms with Crippen LogP contribution in [0.25, 0.3) is 11.1 Å². The topological polar surface area (TPSA) is 35.5 Å². The van der Waals surface area contributed by atoms with E-state index in [-0.39, 0.29) is 5.78 Å². The zero-order valence-electron chi connectivity index (χ0n) is 13.7. The van der Waals surface area contributed by atoms with Crippen LogP contribution in [0.5, 0.6) is 11.5 Å². The molecule has 3 rings (SSSR count). The molecule has 0 unspecified atom stereocenters. The van der Waals surface area contributed by atoms with Crippen LogP contribution in [0.1, 0.15) is 15.9 Å². The van der Waals surface area contributed by atoms with Gasteiger partial charge < -0.3 is 9.47 Å². The highest BCUT2D eigenvalue weighted by atomic mass is 16.5. The monoisotopic (exact) mass is 318 g/mol. The zero-order valence-corrected chi connectivity index (χ0v) is 13.7. The smallest absolute Gasteiger partial charge is 0.193 e. The Hall–Kier alpha value is -3.07. The molecule has 3 aromatic rings. The lowest BCUT2D eigenvalue weighted by atomic mass is 9.98. The van der Waals surface area contributed by atoms with Crippen molar-refractivity contribution in [3.63, 3.8) is 0 Å². The van der Waals surface area contributed by atoms with Crippen molar-refractivity contribution in [1.82, 2.24) is 0 Å². The standard InChI is InChI=1S/C21H18O3/c1-23-18-9-6-10-19(24-2)20(18)15-11-13-17(14-12-15)21(22)16-7-4-3-5-8-16/h3-14H,1-2H3. The molecule has 3 nitrogen and oxygen atoms in total. The number of methoxy groups -OCH3 is 2. The quantitative estimate of drug-likeness (QED) is 0.645. The van der Waals surface area contributed by atoms with Crippen molar-refractivity contribution in [3.05, 3.63) is 83.9 Å². The summed E-state index contributed by atoms with van der Waals surface area (Å²) in [6.45, 7) is 0. The average molecular weight is 318 g/mol. The number of ether oxygens (including phenoxy) is 2. The third-order valence-corrected chi connectivity index (χ3v) is 3.90. The predicted octanol–water partition coefficient (Wildman–Crippen LogP) is 4.60. The van der Waals surface area contributed by atoms with E-state index in [1.54, 1.807) is 14.2 Å². The van der Waals surface area contributed by atoms with Gasteiger partial charge in [-0.15, -0.1) is 0 Å². The third kappa shape index (κ3) is 3.01. The lowest BCUT2D eigenvalue weighted by molar-refractivity contribution is 0.103. The highest BCUT2D eigenvalue weighted by Gasteiger charge is 2.14. The third-order valence-electron chi connectivity index (χ3n) is 3.90. The van der Waals surface area contributed by atoms with Crippen LogP contribution in [0.3, 0.4) is 0 Å². The summed E-state index contributed by atoms with van der Waals surface area (Å²) in [7, 11) is 3.26. The van der Waals surface area contributed by atoms with Crippen LogP contribution in [0.2, 0.25) is 0 Å². The van der Waals surface area contributed by atoms with Gasteiger partial charge in [-0.1, -0.05) is 60.7 Å². The summed E-state index contributed by atoms with van der Waals surface area (Å²) in [6.07, 6.45) is 0. The second-order valence-corrected chi connectivity index (χ2v) is 5.31. The molecule has 24 heavy (non-hydrogen) atoms. The molecule has 0 amide bonds. The normalized spacial score (nSPS) is 10.2. The molecule has 0 N–H and O–H groups in total. The first-order valence-corrected chi connectivity index (χ1v) is 7.65. The van der Waals surface area contributed by atoms with Crippen molar-refractivity contribution < 1.29 is 14.3 Å². The van der Waals surface area contributed by atoms with E-state index in [2.05, 4.69) is 0 Å². The van der Waals surface area contributed by atoms with Crippen LogP contribution < -0.4 is 9.47 Å². The van der Waals surface area contributed by atoms with E-state index in [0.29, 0.717) is 11.1 Å². The lowest BCUT2D eigenvalue weighted by Gasteiger charge is -2.13. The van der Waals surface area contributed by atoms with Gasteiger partial charge in [0.15, 0.2) is 5.78 Å². The first-order valence-electron chi connectivity index (χ1n) is 7.65. The Morgan fingerprint density at radius 3 is 1.75 bits per heavy atom. The van der Waals surface area contributed by atoms with Crippen LogP contribution >= 0.6 is 0 Å². The van der Waals surface area contributed by atoms with Gasteiger partial charge in [0.2, 0.25) is 0 Å². The van der Waals surface area contributed by atoms with Crippen molar-refractivity contribution in [3.8, 4) is 22.6 Å².